The van der Waals surface area contributed by atoms with E-state index >= 15 is 0 Å². The third-order valence-corrected chi connectivity index (χ3v) is 6.20. The molecule has 5 rings (SSSR count). The summed E-state index contributed by atoms with van der Waals surface area (Å²) in [6, 6.07) is 12.6. The van der Waals surface area contributed by atoms with Crippen LogP contribution in [0.3, 0.4) is 0 Å². The lowest BCUT2D eigenvalue weighted by Gasteiger charge is -2.37. The minimum Gasteiger partial charge on any atom is -0.495 e. The van der Waals surface area contributed by atoms with Crippen LogP contribution in [0.1, 0.15) is 36.6 Å². The fourth-order valence-electron chi connectivity index (χ4n) is 4.43. The number of imidazole rings is 1. The molecular formula is C25H25FN4O2. The Kier molecular flexibility index (Phi) is 4.96. The standard InChI is InChI=1S/C25H25FN4O2/c1-17-15-27-16-29(17)22-11-6-18(14-23(22)31-3)13-19-5-4-12-30-24(19)28-32-25(30,2)20-7-9-21(26)10-8-20/h6-11,13-16H,4-5,12H2,1-3H3. The fourth-order valence-corrected chi connectivity index (χ4v) is 4.43. The number of fused-ring (bicyclic) bond motifs is 1. The third-order valence-electron chi connectivity index (χ3n) is 6.20. The number of rotatable bonds is 4. The number of hydrogen-bond acceptors (Lipinski definition) is 5. The summed E-state index contributed by atoms with van der Waals surface area (Å²) in [6.45, 7) is 4.81. The minimum atomic E-state index is -0.747. The Balaban J connectivity index is 1.46. The number of piperidine rings is 1. The van der Waals surface area contributed by atoms with Gasteiger partial charge < -0.3 is 14.5 Å². The lowest BCUT2D eigenvalue weighted by Crippen LogP contribution is -2.46. The molecule has 32 heavy (non-hydrogen) atoms. The molecule has 0 bridgehead atoms. The zero-order chi connectivity index (χ0) is 22.3. The molecule has 1 fully saturated rings. The van der Waals surface area contributed by atoms with Crippen LogP contribution in [0.2, 0.25) is 0 Å². The Morgan fingerprint density at radius 2 is 2.00 bits per heavy atom. The van der Waals surface area contributed by atoms with E-state index in [1.165, 1.54) is 12.1 Å². The van der Waals surface area contributed by atoms with Crippen molar-refractivity contribution in [3.63, 3.8) is 0 Å². The maximum atomic E-state index is 13.4. The van der Waals surface area contributed by atoms with E-state index in [2.05, 4.69) is 27.2 Å². The molecular weight excluding hydrogens is 407 g/mol. The molecule has 3 heterocycles. The first-order valence-corrected chi connectivity index (χ1v) is 10.7. The molecule has 0 aliphatic carbocycles. The van der Waals surface area contributed by atoms with Gasteiger partial charge in [0.2, 0.25) is 5.72 Å². The average molecular weight is 432 g/mol. The smallest absolute Gasteiger partial charge is 0.234 e. The Morgan fingerprint density at radius 1 is 1.19 bits per heavy atom. The van der Waals surface area contributed by atoms with Crippen LogP contribution in [0, 0.1) is 12.7 Å². The van der Waals surface area contributed by atoms with Crippen molar-refractivity contribution >= 4 is 11.9 Å². The largest absolute Gasteiger partial charge is 0.495 e. The molecule has 1 atom stereocenters. The molecule has 2 aliphatic heterocycles. The Bertz CT molecular complexity index is 1210. The van der Waals surface area contributed by atoms with E-state index in [-0.39, 0.29) is 5.82 Å². The highest BCUT2D eigenvalue weighted by molar-refractivity contribution is 6.03. The number of nitrogens with zero attached hydrogens (tertiary/aromatic N) is 4. The van der Waals surface area contributed by atoms with Crippen LogP contribution in [0.15, 0.2) is 65.7 Å². The van der Waals surface area contributed by atoms with Gasteiger partial charge in [-0.2, -0.15) is 0 Å². The zero-order valence-corrected chi connectivity index (χ0v) is 18.4. The fraction of sp³-hybridized carbons (Fsp3) is 0.280. The van der Waals surface area contributed by atoms with E-state index in [1.807, 2.05) is 36.7 Å². The molecule has 0 saturated carbocycles. The van der Waals surface area contributed by atoms with E-state index in [4.69, 9.17) is 9.57 Å². The van der Waals surface area contributed by atoms with Gasteiger partial charge >= 0.3 is 0 Å². The van der Waals surface area contributed by atoms with E-state index in [1.54, 1.807) is 25.6 Å². The summed E-state index contributed by atoms with van der Waals surface area (Å²) in [6.07, 6.45) is 7.63. The number of ether oxygens (including phenoxy) is 1. The molecule has 7 heteroatoms. The summed E-state index contributed by atoms with van der Waals surface area (Å²) in [7, 11) is 1.67. The molecule has 1 aromatic heterocycles. The van der Waals surface area contributed by atoms with Gasteiger partial charge in [-0.1, -0.05) is 23.4 Å². The molecule has 0 amide bonds. The monoisotopic (exact) mass is 432 g/mol. The van der Waals surface area contributed by atoms with Crippen molar-refractivity contribution in [1.29, 1.82) is 0 Å². The van der Waals surface area contributed by atoms with Crippen molar-refractivity contribution in [2.45, 2.75) is 32.4 Å². The summed E-state index contributed by atoms with van der Waals surface area (Å²) in [5, 5.41) is 4.44. The highest BCUT2D eigenvalue weighted by Gasteiger charge is 2.45. The van der Waals surface area contributed by atoms with E-state index in [0.29, 0.717) is 0 Å². The van der Waals surface area contributed by atoms with Crippen molar-refractivity contribution in [3.8, 4) is 11.4 Å². The SMILES string of the molecule is COc1cc(C=C2CCCN3C2=NOC3(C)c2ccc(F)cc2)ccc1-n1cncc1C. The zero-order valence-electron chi connectivity index (χ0n) is 18.4. The normalized spacial score (nSPS) is 21.3. The van der Waals surface area contributed by atoms with Gasteiger partial charge in [-0.25, -0.2) is 9.37 Å². The molecule has 0 N–H and O–H groups in total. The Morgan fingerprint density at radius 3 is 2.72 bits per heavy atom. The van der Waals surface area contributed by atoms with E-state index < -0.39 is 5.72 Å². The van der Waals surface area contributed by atoms with Crippen molar-refractivity contribution in [2.24, 2.45) is 5.16 Å². The van der Waals surface area contributed by atoms with Crippen LogP contribution >= 0.6 is 0 Å². The topological polar surface area (TPSA) is 51.9 Å². The Hall–Kier alpha value is -3.61. The third kappa shape index (κ3) is 3.34. The predicted octanol–water partition coefficient (Wildman–Crippen LogP) is 5.02. The summed E-state index contributed by atoms with van der Waals surface area (Å²) in [4.78, 5) is 12.3. The van der Waals surface area contributed by atoms with Crippen LogP contribution < -0.4 is 4.74 Å². The van der Waals surface area contributed by atoms with Gasteiger partial charge in [-0.05, 0) is 61.2 Å². The van der Waals surface area contributed by atoms with Crippen molar-refractivity contribution in [2.75, 3.05) is 13.7 Å². The van der Waals surface area contributed by atoms with Crippen LogP contribution in [-0.4, -0.2) is 33.9 Å². The first kappa shape index (κ1) is 20.3. The second-order valence-electron chi connectivity index (χ2n) is 8.26. The molecule has 0 radical (unpaired) electrons. The number of hydrogen-bond donors (Lipinski definition) is 0. The second kappa shape index (κ2) is 7.82. The van der Waals surface area contributed by atoms with Gasteiger partial charge in [0.1, 0.15) is 11.6 Å². The molecule has 164 valence electrons. The predicted molar refractivity (Wildman–Crippen MR) is 121 cm³/mol. The molecule has 1 unspecified atom stereocenters. The number of aromatic nitrogens is 2. The van der Waals surface area contributed by atoms with Crippen LogP contribution in [0.5, 0.6) is 5.75 Å². The molecule has 6 nitrogen and oxygen atoms in total. The highest BCUT2D eigenvalue weighted by Crippen LogP contribution is 2.40. The van der Waals surface area contributed by atoms with Gasteiger partial charge in [0.25, 0.3) is 0 Å². The van der Waals surface area contributed by atoms with Crippen molar-refractivity contribution in [1.82, 2.24) is 14.5 Å². The number of oxime groups is 1. The molecule has 0 spiro atoms. The van der Waals surface area contributed by atoms with Gasteiger partial charge in [0.05, 0.1) is 19.1 Å². The number of benzene rings is 2. The number of methoxy groups -OCH3 is 1. The van der Waals surface area contributed by atoms with Crippen LogP contribution in [-0.2, 0) is 10.6 Å². The van der Waals surface area contributed by atoms with Crippen molar-refractivity contribution in [3.05, 3.63) is 83.2 Å². The van der Waals surface area contributed by atoms with E-state index in [0.717, 1.165) is 59.1 Å². The number of aryl methyl sites for hydroxylation is 1. The van der Waals surface area contributed by atoms with Gasteiger partial charge in [0.15, 0.2) is 5.84 Å². The van der Waals surface area contributed by atoms with Crippen molar-refractivity contribution < 1.29 is 14.0 Å². The van der Waals surface area contributed by atoms with Crippen LogP contribution in [0.25, 0.3) is 11.8 Å². The summed E-state index contributed by atoms with van der Waals surface area (Å²) < 4.78 is 21.1. The molecule has 2 aromatic carbocycles. The van der Waals surface area contributed by atoms with Gasteiger partial charge in [-0.3, -0.25) is 4.57 Å². The first-order valence-electron chi connectivity index (χ1n) is 10.7. The quantitative estimate of drug-likeness (QED) is 0.581. The average Bonchev–Trinajstić information content (AvgIpc) is 3.39. The number of amidine groups is 1. The molecule has 2 aliphatic rings. The maximum absolute atomic E-state index is 13.4. The Labute approximate surface area is 186 Å². The summed E-state index contributed by atoms with van der Waals surface area (Å²) in [5.74, 6) is 1.34. The molecule has 1 saturated heterocycles. The highest BCUT2D eigenvalue weighted by atomic mass is 19.1. The second-order valence-corrected chi connectivity index (χ2v) is 8.26. The van der Waals surface area contributed by atoms with Gasteiger partial charge in [0, 0.05) is 30.9 Å². The maximum Gasteiger partial charge on any atom is 0.234 e. The van der Waals surface area contributed by atoms with E-state index in [9.17, 15) is 4.39 Å². The van der Waals surface area contributed by atoms with Gasteiger partial charge in [-0.15, -0.1) is 0 Å². The lowest BCUT2D eigenvalue weighted by atomic mass is 9.95. The lowest BCUT2D eigenvalue weighted by molar-refractivity contribution is -0.0913. The minimum absolute atomic E-state index is 0.265. The molecule has 3 aromatic rings. The van der Waals surface area contributed by atoms with Crippen LogP contribution in [0.4, 0.5) is 4.39 Å². The first-order chi connectivity index (χ1) is 15.5. The summed E-state index contributed by atoms with van der Waals surface area (Å²) in [5.41, 5.74) is 4.24. The number of halogens is 1. The summed E-state index contributed by atoms with van der Waals surface area (Å²) >= 11 is 0.